The summed E-state index contributed by atoms with van der Waals surface area (Å²) < 4.78 is 0. The molecule has 2 unspecified atom stereocenters. The van der Waals surface area contributed by atoms with Crippen molar-refractivity contribution < 1.29 is 9.59 Å². The van der Waals surface area contributed by atoms with Crippen molar-refractivity contribution in [3.8, 4) is 0 Å². The zero-order chi connectivity index (χ0) is 13.2. The molecule has 0 spiro atoms. The number of nitrogens with one attached hydrogen (secondary N) is 2. The van der Waals surface area contributed by atoms with Crippen LogP contribution in [-0.4, -0.2) is 48.9 Å². The Kier molecular flexibility index (Phi) is 3.73. The summed E-state index contributed by atoms with van der Waals surface area (Å²) in [5, 5.41) is 6.22. The number of rotatable bonds is 5. The maximum Gasteiger partial charge on any atom is 0.228 e. The van der Waals surface area contributed by atoms with Crippen LogP contribution in [0.1, 0.15) is 32.1 Å². The van der Waals surface area contributed by atoms with Gasteiger partial charge in [0.15, 0.2) is 0 Å². The van der Waals surface area contributed by atoms with Crippen LogP contribution in [0.5, 0.6) is 0 Å². The van der Waals surface area contributed by atoms with Crippen molar-refractivity contribution in [2.75, 3.05) is 26.2 Å². The molecule has 5 nitrogen and oxygen atoms in total. The Hall–Kier alpha value is -1.10. The molecule has 2 N–H and O–H groups in total. The number of nitrogens with zero attached hydrogens (tertiary/aromatic N) is 1. The van der Waals surface area contributed by atoms with Crippen molar-refractivity contribution in [3.63, 3.8) is 0 Å². The standard InChI is InChI=1S/C14H23N3O2/c18-13-6-11(7-16-13)14(19)17(8-10-3-4-10)9-12-2-1-5-15-12/h10-12,15H,1-9H2,(H,16,18). The van der Waals surface area contributed by atoms with E-state index >= 15 is 0 Å². The first-order valence-corrected chi connectivity index (χ1v) is 7.51. The lowest BCUT2D eigenvalue weighted by Crippen LogP contribution is -2.45. The minimum absolute atomic E-state index is 0.0173. The third-order valence-electron chi connectivity index (χ3n) is 4.42. The maximum atomic E-state index is 12.5. The van der Waals surface area contributed by atoms with Gasteiger partial charge in [0.05, 0.1) is 5.92 Å². The van der Waals surface area contributed by atoms with Gasteiger partial charge in [-0.25, -0.2) is 0 Å². The molecule has 2 heterocycles. The molecule has 3 aliphatic rings. The summed E-state index contributed by atoms with van der Waals surface area (Å²) in [7, 11) is 0. The summed E-state index contributed by atoms with van der Waals surface area (Å²) in [4.78, 5) is 25.8. The molecule has 0 aromatic carbocycles. The average Bonchev–Trinajstić information content (AvgIpc) is 2.89. The van der Waals surface area contributed by atoms with E-state index in [-0.39, 0.29) is 17.7 Å². The fourth-order valence-corrected chi connectivity index (χ4v) is 3.08. The van der Waals surface area contributed by atoms with E-state index in [1.165, 1.54) is 19.3 Å². The predicted molar refractivity (Wildman–Crippen MR) is 71.4 cm³/mol. The van der Waals surface area contributed by atoms with Gasteiger partial charge in [0.25, 0.3) is 0 Å². The van der Waals surface area contributed by atoms with Gasteiger partial charge in [-0.1, -0.05) is 0 Å². The van der Waals surface area contributed by atoms with E-state index in [2.05, 4.69) is 10.6 Å². The normalized spacial score (nSPS) is 30.4. The molecule has 2 aliphatic heterocycles. The van der Waals surface area contributed by atoms with Crippen LogP contribution in [-0.2, 0) is 9.59 Å². The van der Waals surface area contributed by atoms with Crippen LogP contribution in [0.3, 0.4) is 0 Å². The highest BCUT2D eigenvalue weighted by atomic mass is 16.2. The average molecular weight is 265 g/mol. The minimum atomic E-state index is -0.132. The maximum absolute atomic E-state index is 12.5. The minimum Gasteiger partial charge on any atom is -0.355 e. The molecule has 0 radical (unpaired) electrons. The summed E-state index contributed by atoms with van der Waals surface area (Å²) in [5.74, 6) is 0.769. The fraction of sp³-hybridized carbons (Fsp3) is 0.857. The predicted octanol–water partition coefficient (Wildman–Crippen LogP) is 0.113. The quantitative estimate of drug-likeness (QED) is 0.742. The summed E-state index contributed by atoms with van der Waals surface area (Å²) in [6.45, 7) is 3.30. The van der Waals surface area contributed by atoms with Gasteiger partial charge in [0.2, 0.25) is 11.8 Å². The number of carbonyl (C=O) groups excluding carboxylic acids is 2. The molecule has 3 fully saturated rings. The van der Waals surface area contributed by atoms with Gasteiger partial charge >= 0.3 is 0 Å². The lowest BCUT2D eigenvalue weighted by molar-refractivity contribution is -0.136. The van der Waals surface area contributed by atoms with Crippen molar-refractivity contribution >= 4 is 11.8 Å². The Balaban J connectivity index is 1.59. The van der Waals surface area contributed by atoms with Crippen LogP contribution in [0.2, 0.25) is 0 Å². The van der Waals surface area contributed by atoms with Gasteiger partial charge < -0.3 is 15.5 Å². The van der Waals surface area contributed by atoms with Crippen LogP contribution in [0.25, 0.3) is 0 Å². The zero-order valence-corrected chi connectivity index (χ0v) is 11.4. The van der Waals surface area contributed by atoms with Crippen LogP contribution in [0, 0.1) is 11.8 Å². The highest BCUT2D eigenvalue weighted by molar-refractivity contribution is 5.89. The first-order valence-electron chi connectivity index (χ1n) is 7.51. The molecule has 0 aromatic rings. The lowest BCUT2D eigenvalue weighted by Gasteiger charge is -2.28. The van der Waals surface area contributed by atoms with Crippen molar-refractivity contribution in [3.05, 3.63) is 0 Å². The molecule has 3 rings (SSSR count). The molecule has 1 saturated carbocycles. The van der Waals surface area contributed by atoms with E-state index in [1.807, 2.05) is 4.90 Å². The van der Waals surface area contributed by atoms with Gasteiger partial charge in [0, 0.05) is 32.1 Å². The summed E-state index contributed by atoms with van der Waals surface area (Å²) >= 11 is 0. The molecule has 1 aliphatic carbocycles. The Morgan fingerprint density at radius 2 is 2.11 bits per heavy atom. The van der Waals surface area contributed by atoms with Crippen LogP contribution in [0.15, 0.2) is 0 Å². The fourth-order valence-electron chi connectivity index (χ4n) is 3.08. The molecule has 2 amide bonds. The highest BCUT2D eigenvalue weighted by Crippen LogP contribution is 2.30. The summed E-state index contributed by atoms with van der Waals surface area (Å²) in [5.41, 5.74) is 0. The molecule has 2 saturated heterocycles. The Morgan fingerprint density at radius 3 is 2.68 bits per heavy atom. The van der Waals surface area contributed by atoms with Gasteiger partial charge in [-0.15, -0.1) is 0 Å². The van der Waals surface area contributed by atoms with Gasteiger partial charge in [-0.05, 0) is 38.1 Å². The van der Waals surface area contributed by atoms with Gasteiger partial charge in [-0.3, -0.25) is 9.59 Å². The number of carbonyl (C=O) groups is 2. The second-order valence-corrected chi connectivity index (χ2v) is 6.18. The molecule has 5 heteroatoms. The third-order valence-corrected chi connectivity index (χ3v) is 4.42. The molecule has 0 aromatic heterocycles. The Labute approximate surface area is 114 Å². The Bertz CT molecular complexity index is 362. The van der Waals surface area contributed by atoms with Crippen molar-refractivity contribution in [1.82, 2.24) is 15.5 Å². The monoisotopic (exact) mass is 265 g/mol. The highest BCUT2D eigenvalue weighted by Gasteiger charge is 2.35. The summed E-state index contributed by atoms with van der Waals surface area (Å²) in [6.07, 6.45) is 5.25. The molecule has 106 valence electrons. The third kappa shape index (κ3) is 3.26. The zero-order valence-electron chi connectivity index (χ0n) is 11.4. The molecular formula is C14H23N3O2. The van der Waals surface area contributed by atoms with Crippen LogP contribution in [0.4, 0.5) is 0 Å². The van der Waals surface area contributed by atoms with E-state index in [4.69, 9.17) is 0 Å². The lowest BCUT2D eigenvalue weighted by atomic mass is 10.1. The second-order valence-electron chi connectivity index (χ2n) is 6.18. The first-order chi connectivity index (χ1) is 9.22. The molecule has 0 bridgehead atoms. The number of hydrogen-bond donors (Lipinski definition) is 2. The van der Waals surface area contributed by atoms with E-state index < -0.39 is 0 Å². The van der Waals surface area contributed by atoms with Crippen molar-refractivity contribution in [1.29, 1.82) is 0 Å². The van der Waals surface area contributed by atoms with Crippen molar-refractivity contribution in [2.45, 2.75) is 38.1 Å². The van der Waals surface area contributed by atoms with Gasteiger partial charge in [-0.2, -0.15) is 0 Å². The number of amides is 2. The van der Waals surface area contributed by atoms with E-state index in [0.717, 1.165) is 26.1 Å². The molecule has 2 atom stereocenters. The smallest absolute Gasteiger partial charge is 0.228 e. The van der Waals surface area contributed by atoms with Crippen LogP contribution >= 0.6 is 0 Å². The van der Waals surface area contributed by atoms with E-state index in [0.29, 0.717) is 24.9 Å². The van der Waals surface area contributed by atoms with E-state index in [1.54, 1.807) is 0 Å². The first kappa shape index (κ1) is 12.9. The molecule has 19 heavy (non-hydrogen) atoms. The summed E-state index contributed by atoms with van der Waals surface area (Å²) in [6, 6.07) is 0.452. The topological polar surface area (TPSA) is 61.4 Å². The number of hydrogen-bond acceptors (Lipinski definition) is 3. The van der Waals surface area contributed by atoms with Crippen LogP contribution < -0.4 is 10.6 Å². The SMILES string of the molecule is O=C1CC(C(=O)N(CC2CC2)CC2CCCN2)CN1. The largest absolute Gasteiger partial charge is 0.355 e. The second kappa shape index (κ2) is 5.49. The van der Waals surface area contributed by atoms with E-state index in [9.17, 15) is 9.59 Å². The van der Waals surface area contributed by atoms with Crippen molar-refractivity contribution in [2.24, 2.45) is 11.8 Å². The Morgan fingerprint density at radius 1 is 1.26 bits per heavy atom. The van der Waals surface area contributed by atoms with Gasteiger partial charge in [0.1, 0.15) is 0 Å². The molecular weight excluding hydrogens is 242 g/mol.